The van der Waals surface area contributed by atoms with E-state index in [2.05, 4.69) is 192 Å². The molecular formula is C53H36N5OPt-3. The molecule has 0 N–H and O–H groups in total. The van der Waals surface area contributed by atoms with E-state index >= 15 is 0 Å². The molecule has 3 aromatic heterocycles. The van der Waals surface area contributed by atoms with Crippen LogP contribution in [0.15, 0.2) is 176 Å². The van der Waals surface area contributed by atoms with Gasteiger partial charge in [0.2, 0.25) is 0 Å². The Morgan fingerprint density at radius 3 is 2.02 bits per heavy atom. The molecule has 60 heavy (non-hydrogen) atoms. The molecule has 0 aliphatic carbocycles. The number of benzene rings is 7. The normalized spacial score (nSPS) is 11.8. The summed E-state index contributed by atoms with van der Waals surface area (Å²) in [6.45, 7) is 6.30. The van der Waals surface area contributed by atoms with Crippen LogP contribution in [0.3, 0.4) is 0 Å². The predicted molar refractivity (Wildman–Crippen MR) is 238 cm³/mol. The Morgan fingerprint density at radius 2 is 1.27 bits per heavy atom. The molecule has 7 heteroatoms. The van der Waals surface area contributed by atoms with Crippen LogP contribution >= 0.6 is 0 Å². The summed E-state index contributed by atoms with van der Waals surface area (Å²) in [5.41, 5.74) is 13.5. The number of nitrogens with zero attached hydrogens (tertiary/aromatic N) is 5. The number of pyridine rings is 1. The smallest absolute Gasteiger partial charge is 0.135 e. The van der Waals surface area contributed by atoms with Crippen molar-refractivity contribution in [3.8, 4) is 62.1 Å². The second kappa shape index (κ2) is 15.2. The number of hydrogen-bond donors (Lipinski definition) is 0. The Balaban J connectivity index is 0.00000433. The second-order valence-electron chi connectivity index (χ2n) is 14.8. The fourth-order valence-corrected chi connectivity index (χ4v) is 8.41. The minimum atomic E-state index is 0. The molecule has 0 atom stereocenters. The van der Waals surface area contributed by atoms with Gasteiger partial charge in [-0.1, -0.05) is 145 Å². The molecule has 0 unspecified atom stereocenters. The summed E-state index contributed by atoms with van der Waals surface area (Å²) >= 11 is 0. The standard InChI is InChI=1S/C53H36N5O.Pt/c1-35-36(2)56-34-57(48-24-11-10-21-47(48)53(56)55-35)40-30-39(52-43(37-16-5-3-6-17-37)22-15-23-44(52)38-18-7-4-8-19-38)31-42(32-40)59-41-27-28-46-45-20-9-12-25-49(45)58(50(46)33-41)51-26-13-14-29-54-51;/h3-31,34H,1-2H3;/q-3;. The molecule has 292 valence electrons. The zero-order chi connectivity index (χ0) is 39.5. The van der Waals surface area contributed by atoms with Crippen LogP contribution in [-0.4, -0.2) is 19.1 Å². The first-order valence-electron chi connectivity index (χ1n) is 19.7. The van der Waals surface area contributed by atoms with E-state index in [-0.39, 0.29) is 21.1 Å². The van der Waals surface area contributed by atoms with Gasteiger partial charge in [-0.15, -0.1) is 41.3 Å². The third kappa shape index (κ3) is 6.28. The number of imidazole rings is 1. The fourth-order valence-electron chi connectivity index (χ4n) is 8.41. The Labute approximate surface area is 363 Å². The monoisotopic (exact) mass is 953 g/mol. The summed E-state index contributed by atoms with van der Waals surface area (Å²) in [5.74, 6) is 2.87. The summed E-state index contributed by atoms with van der Waals surface area (Å²) in [4.78, 5) is 11.9. The molecule has 0 fully saturated rings. The van der Waals surface area contributed by atoms with Crippen molar-refractivity contribution in [3.05, 3.63) is 206 Å². The van der Waals surface area contributed by atoms with Gasteiger partial charge in [-0.3, -0.25) is 0 Å². The second-order valence-corrected chi connectivity index (χ2v) is 14.8. The van der Waals surface area contributed by atoms with E-state index in [1.807, 2.05) is 30.5 Å². The summed E-state index contributed by atoms with van der Waals surface area (Å²) in [5, 5.41) is 2.20. The SMILES string of the molecule is Cc1nc2n(c1C)[CH-]N(c1[c-]c(Oc3[c-]c4c(cc3)c3ccccc3n4-c3ccccn3)cc(-c3c(-c4ccccc4)cccc3-c3ccccc3)c1)c1ccccc1-2.[Pt]. The molecule has 1 aliphatic heterocycles. The number of fused-ring (bicyclic) bond motifs is 6. The maximum Gasteiger partial charge on any atom is 0.135 e. The van der Waals surface area contributed by atoms with Crippen LogP contribution in [0.5, 0.6) is 11.5 Å². The maximum absolute atomic E-state index is 6.94. The van der Waals surface area contributed by atoms with Gasteiger partial charge in [0, 0.05) is 55.8 Å². The third-order valence-electron chi connectivity index (χ3n) is 11.3. The molecular weight excluding hydrogens is 918 g/mol. The van der Waals surface area contributed by atoms with Crippen molar-refractivity contribution in [2.45, 2.75) is 13.8 Å². The van der Waals surface area contributed by atoms with Gasteiger partial charge in [0.15, 0.2) is 0 Å². The van der Waals surface area contributed by atoms with Crippen molar-refractivity contribution in [2.24, 2.45) is 0 Å². The zero-order valence-electron chi connectivity index (χ0n) is 32.8. The topological polar surface area (TPSA) is 48.1 Å². The summed E-state index contributed by atoms with van der Waals surface area (Å²) in [6, 6.07) is 66.3. The molecule has 11 rings (SSSR count). The quantitative estimate of drug-likeness (QED) is 0.149. The van der Waals surface area contributed by atoms with E-state index in [0.717, 1.165) is 95.2 Å². The van der Waals surface area contributed by atoms with Gasteiger partial charge < -0.3 is 23.8 Å². The van der Waals surface area contributed by atoms with Gasteiger partial charge in [-0.25, -0.2) is 4.98 Å². The average Bonchev–Trinajstić information content (AvgIpc) is 3.78. The number of para-hydroxylation sites is 2. The molecule has 4 heterocycles. The van der Waals surface area contributed by atoms with E-state index in [1.54, 1.807) is 0 Å². The molecule has 6 nitrogen and oxygen atoms in total. The molecule has 0 bridgehead atoms. The fraction of sp³-hybridized carbons (Fsp3) is 0.0377. The van der Waals surface area contributed by atoms with E-state index in [1.165, 1.54) is 0 Å². The first-order valence-corrected chi connectivity index (χ1v) is 19.7. The minimum Gasteiger partial charge on any atom is -0.509 e. The van der Waals surface area contributed by atoms with Crippen LogP contribution in [0.2, 0.25) is 0 Å². The van der Waals surface area contributed by atoms with Crippen molar-refractivity contribution in [1.82, 2.24) is 19.1 Å². The van der Waals surface area contributed by atoms with Gasteiger partial charge in [0.25, 0.3) is 0 Å². The first kappa shape index (κ1) is 37.1. The molecule has 0 amide bonds. The van der Waals surface area contributed by atoms with Gasteiger partial charge in [-0.2, -0.15) is 6.07 Å². The number of ether oxygens (including phenoxy) is 1. The average molecular weight is 954 g/mol. The van der Waals surface area contributed by atoms with E-state index < -0.39 is 0 Å². The summed E-state index contributed by atoms with van der Waals surface area (Å²) in [7, 11) is 0. The van der Waals surface area contributed by atoms with Gasteiger partial charge in [-0.05, 0) is 82.3 Å². The van der Waals surface area contributed by atoms with Crippen LogP contribution < -0.4 is 9.64 Å². The number of hydrogen-bond acceptors (Lipinski definition) is 4. The van der Waals surface area contributed by atoms with Gasteiger partial charge >= 0.3 is 0 Å². The molecule has 0 radical (unpaired) electrons. The Kier molecular flexibility index (Phi) is 9.43. The molecule has 7 aromatic carbocycles. The number of aryl methyl sites for hydroxylation is 1. The molecule has 0 saturated heterocycles. The van der Waals surface area contributed by atoms with Gasteiger partial charge in [0.1, 0.15) is 5.82 Å². The van der Waals surface area contributed by atoms with Crippen LogP contribution in [0.1, 0.15) is 11.4 Å². The van der Waals surface area contributed by atoms with Crippen molar-refractivity contribution in [3.63, 3.8) is 0 Å². The Morgan fingerprint density at radius 1 is 0.583 bits per heavy atom. The van der Waals surface area contributed by atoms with Crippen molar-refractivity contribution in [1.29, 1.82) is 0 Å². The molecule has 10 aromatic rings. The Bertz CT molecular complexity index is 3130. The van der Waals surface area contributed by atoms with Crippen LogP contribution in [0.4, 0.5) is 11.4 Å². The van der Waals surface area contributed by atoms with E-state index in [4.69, 9.17) is 14.7 Å². The third-order valence-corrected chi connectivity index (χ3v) is 11.3. The molecule has 0 saturated carbocycles. The van der Waals surface area contributed by atoms with Crippen LogP contribution in [0, 0.1) is 32.6 Å². The Hall–Kier alpha value is -7.14. The zero-order valence-corrected chi connectivity index (χ0v) is 35.1. The summed E-state index contributed by atoms with van der Waals surface area (Å²) < 4.78 is 11.3. The minimum absolute atomic E-state index is 0. The first-order chi connectivity index (χ1) is 29.1. The van der Waals surface area contributed by atoms with E-state index in [0.29, 0.717) is 11.5 Å². The van der Waals surface area contributed by atoms with Crippen molar-refractivity contribution < 1.29 is 25.8 Å². The van der Waals surface area contributed by atoms with Crippen LogP contribution in [-0.2, 0) is 21.1 Å². The molecule has 1 aliphatic rings. The maximum atomic E-state index is 6.94. The number of aromatic nitrogens is 4. The number of anilines is 2. The largest absolute Gasteiger partial charge is 0.509 e. The van der Waals surface area contributed by atoms with Crippen LogP contribution in [0.25, 0.3) is 72.4 Å². The molecule has 0 spiro atoms. The summed E-state index contributed by atoms with van der Waals surface area (Å²) in [6.07, 6.45) is 1.82. The van der Waals surface area contributed by atoms with Crippen molar-refractivity contribution >= 4 is 33.2 Å². The predicted octanol–water partition coefficient (Wildman–Crippen LogP) is 13.2. The van der Waals surface area contributed by atoms with Gasteiger partial charge in [0.05, 0.1) is 0 Å². The van der Waals surface area contributed by atoms with E-state index in [9.17, 15) is 0 Å². The number of rotatable bonds is 7. The van der Waals surface area contributed by atoms with Crippen molar-refractivity contribution in [2.75, 3.05) is 4.90 Å².